The zero-order valence-corrected chi connectivity index (χ0v) is 16.5. The van der Waals surface area contributed by atoms with Gasteiger partial charge in [0, 0.05) is 30.1 Å². The quantitative estimate of drug-likeness (QED) is 0.669. The van der Waals surface area contributed by atoms with Gasteiger partial charge >= 0.3 is 0 Å². The normalized spacial score (nSPS) is 12.0. The summed E-state index contributed by atoms with van der Waals surface area (Å²) >= 11 is 7.31. The average Bonchev–Trinajstić information content (AvgIpc) is 2.97. The lowest BCUT2D eigenvalue weighted by molar-refractivity contribution is -0.118. The number of carbonyl (C=O) groups excluding carboxylic acids is 2. The van der Waals surface area contributed by atoms with E-state index in [1.54, 1.807) is 19.1 Å². The fraction of sp³-hybridized carbons (Fsp3) is 0.412. The van der Waals surface area contributed by atoms with Gasteiger partial charge < -0.3 is 15.6 Å². The monoisotopic (exact) mass is 395 g/mol. The lowest BCUT2D eigenvalue weighted by atomic mass is 10.2. The first-order chi connectivity index (χ1) is 12.3. The summed E-state index contributed by atoms with van der Waals surface area (Å²) < 4.78 is 1.89. The minimum atomic E-state index is -0.383. The molecular weight excluding hydrogens is 374 g/mol. The third-order valence-corrected chi connectivity index (χ3v) is 5.13. The molecule has 9 heteroatoms. The number of nitrogens with zero attached hydrogens (tertiary/aromatic N) is 3. The Hall–Kier alpha value is -2.06. The number of rotatable bonds is 8. The Morgan fingerprint density at radius 2 is 2.12 bits per heavy atom. The van der Waals surface area contributed by atoms with Crippen molar-refractivity contribution < 1.29 is 9.59 Å². The van der Waals surface area contributed by atoms with Crippen molar-refractivity contribution in [1.82, 2.24) is 14.8 Å². The summed E-state index contributed by atoms with van der Waals surface area (Å²) in [6.07, 6.45) is 0.645. The van der Waals surface area contributed by atoms with E-state index in [0.717, 1.165) is 5.56 Å². The molecule has 2 aromatic rings. The van der Waals surface area contributed by atoms with Crippen LogP contribution in [0.5, 0.6) is 0 Å². The van der Waals surface area contributed by atoms with Gasteiger partial charge in [-0.2, -0.15) is 0 Å². The van der Waals surface area contributed by atoms with Gasteiger partial charge in [0.05, 0.1) is 5.25 Å². The Bertz CT molecular complexity index is 808. The molecule has 26 heavy (non-hydrogen) atoms. The first-order valence-electron chi connectivity index (χ1n) is 8.25. The predicted molar refractivity (Wildman–Crippen MR) is 103 cm³/mol. The highest BCUT2D eigenvalue weighted by Crippen LogP contribution is 2.25. The van der Waals surface area contributed by atoms with Crippen LogP contribution in [0, 0.1) is 6.92 Å². The van der Waals surface area contributed by atoms with Gasteiger partial charge in [0.15, 0.2) is 5.16 Å². The van der Waals surface area contributed by atoms with Crippen molar-refractivity contribution in [2.75, 3.05) is 5.32 Å². The Labute approximate surface area is 161 Å². The van der Waals surface area contributed by atoms with Crippen molar-refractivity contribution in [2.24, 2.45) is 5.73 Å². The molecule has 0 aliphatic carbocycles. The average molecular weight is 396 g/mol. The molecule has 0 radical (unpaired) electrons. The number of primary amides is 1. The second-order valence-corrected chi connectivity index (χ2v) is 7.56. The van der Waals surface area contributed by atoms with Crippen LogP contribution in [0.4, 0.5) is 5.69 Å². The molecule has 7 nitrogen and oxygen atoms in total. The second kappa shape index (κ2) is 9.05. The van der Waals surface area contributed by atoms with Gasteiger partial charge in [0.1, 0.15) is 5.82 Å². The van der Waals surface area contributed by atoms with E-state index >= 15 is 0 Å². The highest BCUT2D eigenvalue weighted by Gasteiger charge is 2.20. The number of nitrogens with two attached hydrogens (primary N) is 1. The first kappa shape index (κ1) is 20.3. The van der Waals surface area contributed by atoms with Crippen molar-refractivity contribution >= 4 is 40.9 Å². The third-order valence-electron chi connectivity index (χ3n) is 3.81. The zero-order valence-electron chi connectivity index (χ0n) is 15.0. The van der Waals surface area contributed by atoms with Crippen LogP contribution in [-0.4, -0.2) is 31.8 Å². The fourth-order valence-electron chi connectivity index (χ4n) is 2.32. The van der Waals surface area contributed by atoms with Crippen LogP contribution in [0.1, 0.15) is 31.7 Å². The maximum Gasteiger partial charge on any atom is 0.237 e. The molecule has 0 aliphatic heterocycles. The van der Waals surface area contributed by atoms with Crippen LogP contribution in [0.15, 0.2) is 23.4 Å². The predicted octanol–water partition coefficient (Wildman–Crippen LogP) is 2.80. The Kier molecular flexibility index (Phi) is 7.05. The largest absolute Gasteiger partial charge is 0.370 e. The molecule has 0 aliphatic rings. The standard InChI is InChI=1S/C17H22ClN5O2S/c1-4-23-15(8-7-14(19)24)21-22-17(23)26-11(3)16(25)20-13-9-12(18)6-5-10(13)2/h5-6,9,11H,4,7-8H2,1-3H3,(H2,19,24)(H,20,25)/t11-/m0/s1. The topological polar surface area (TPSA) is 103 Å². The molecule has 1 aromatic carbocycles. The van der Waals surface area contributed by atoms with Crippen LogP contribution < -0.4 is 11.1 Å². The van der Waals surface area contributed by atoms with Crippen molar-refractivity contribution in [3.63, 3.8) is 0 Å². The minimum Gasteiger partial charge on any atom is -0.370 e. The lowest BCUT2D eigenvalue weighted by Gasteiger charge is -2.14. The van der Waals surface area contributed by atoms with Gasteiger partial charge in [-0.3, -0.25) is 9.59 Å². The van der Waals surface area contributed by atoms with Crippen LogP contribution in [0.3, 0.4) is 0 Å². The number of hydrogen-bond acceptors (Lipinski definition) is 5. The number of thioether (sulfide) groups is 1. The van der Waals surface area contributed by atoms with E-state index in [1.165, 1.54) is 11.8 Å². The summed E-state index contributed by atoms with van der Waals surface area (Å²) in [5.41, 5.74) is 6.82. The van der Waals surface area contributed by atoms with Crippen LogP contribution in [0.2, 0.25) is 5.02 Å². The third kappa shape index (κ3) is 5.22. The maximum atomic E-state index is 12.5. The Morgan fingerprint density at radius 3 is 2.77 bits per heavy atom. The van der Waals surface area contributed by atoms with E-state index in [1.807, 2.05) is 24.5 Å². The number of hydrogen-bond donors (Lipinski definition) is 2. The second-order valence-electron chi connectivity index (χ2n) is 5.82. The van der Waals surface area contributed by atoms with Crippen molar-refractivity contribution in [3.8, 4) is 0 Å². The highest BCUT2D eigenvalue weighted by molar-refractivity contribution is 8.00. The molecule has 2 amide bonds. The molecule has 1 heterocycles. The Balaban J connectivity index is 2.06. The van der Waals surface area contributed by atoms with Crippen LogP contribution in [0.25, 0.3) is 0 Å². The molecule has 0 saturated carbocycles. The van der Waals surface area contributed by atoms with Crippen molar-refractivity contribution in [2.45, 2.75) is 50.6 Å². The van der Waals surface area contributed by atoms with Crippen molar-refractivity contribution in [3.05, 3.63) is 34.6 Å². The summed E-state index contributed by atoms with van der Waals surface area (Å²) in [6, 6.07) is 5.36. The number of aryl methyl sites for hydroxylation is 2. The fourth-order valence-corrected chi connectivity index (χ4v) is 3.42. The molecule has 0 saturated heterocycles. The number of aromatic nitrogens is 3. The zero-order chi connectivity index (χ0) is 19.3. The van der Waals surface area contributed by atoms with Gasteiger partial charge in [-0.1, -0.05) is 29.4 Å². The van der Waals surface area contributed by atoms with Gasteiger partial charge in [-0.25, -0.2) is 0 Å². The number of nitrogens with one attached hydrogen (secondary N) is 1. The van der Waals surface area contributed by atoms with E-state index in [-0.39, 0.29) is 23.5 Å². The van der Waals surface area contributed by atoms with Crippen LogP contribution in [-0.2, 0) is 22.6 Å². The van der Waals surface area contributed by atoms with E-state index in [9.17, 15) is 9.59 Å². The van der Waals surface area contributed by atoms with E-state index < -0.39 is 0 Å². The molecule has 3 N–H and O–H groups in total. The highest BCUT2D eigenvalue weighted by atomic mass is 35.5. The number of amides is 2. The van der Waals surface area contributed by atoms with Crippen molar-refractivity contribution in [1.29, 1.82) is 0 Å². The molecule has 2 rings (SSSR count). The van der Waals surface area contributed by atoms with E-state index in [0.29, 0.717) is 34.7 Å². The molecule has 0 unspecified atom stereocenters. The van der Waals surface area contributed by atoms with Gasteiger partial charge in [0.25, 0.3) is 0 Å². The molecule has 0 fully saturated rings. The summed E-state index contributed by atoms with van der Waals surface area (Å²) in [7, 11) is 0. The first-order valence-corrected chi connectivity index (χ1v) is 9.51. The molecule has 1 atom stereocenters. The van der Waals surface area contributed by atoms with Gasteiger partial charge in [-0.15, -0.1) is 10.2 Å². The molecule has 0 spiro atoms. The number of carbonyl (C=O) groups is 2. The van der Waals surface area contributed by atoms with E-state index in [4.69, 9.17) is 17.3 Å². The molecule has 140 valence electrons. The Morgan fingerprint density at radius 1 is 1.38 bits per heavy atom. The molecular formula is C17H22ClN5O2S. The molecule has 0 bridgehead atoms. The summed E-state index contributed by atoms with van der Waals surface area (Å²) in [5, 5.41) is 12.0. The lowest BCUT2D eigenvalue weighted by Crippen LogP contribution is -2.23. The summed E-state index contributed by atoms with van der Waals surface area (Å²) in [5.74, 6) is 0.159. The summed E-state index contributed by atoms with van der Waals surface area (Å²) in [6.45, 7) is 6.31. The van der Waals surface area contributed by atoms with Gasteiger partial charge in [-0.05, 0) is 38.5 Å². The summed E-state index contributed by atoms with van der Waals surface area (Å²) in [4.78, 5) is 23.5. The molecule has 1 aromatic heterocycles. The van der Waals surface area contributed by atoms with Crippen LogP contribution >= 0.6 is 23.4 Å². The SMILES string of the molecule is CCn1c(CCC(N)=O)nnc1S[C@@H](C)C(=O)Nc1cc(Cl)ccc1C. The number of anilines is 1. The van der Waals surface area contributed by atoms with Gasteiger partial charge in [0.2, 0.25) is 11.8 Å². The minimum absolute atomic E-state index is 0.148. The smallest absolute Gasteiger partial charge is 0.237 e. The number of halogens is 1. The van der Waals surface area contributed by atoms with E-state index in [2.05, 4.69) is 15.5 Å². The number of benzene rings is 1. The maximum absolute atomic E-state index is 12.5.